The monoisotopic (exact) mass is 405 g/mol. The van der Waals surface area contributed by atoms with Crippen LogP contribution < -0.4 is 10.1 Å². The standard InChI is InChI=1S/C19H20BrNO4/c1-3-16(13-8-10-14(20)11-9-13)21-18(22)12-25-19(23)15-6-4-5-7-17(15)24-2/h4-11,16H,3,12H2,1-2H3,(H,21,22)/t16-/m1/s1. The van der Waals surface area contributed by atoms with Gasteiger partial charge in [0, 0.05) is 4.47 Å². The normalized spacial score (nSPS) is 11.5. The third-order valence-corrected chi connectivity index (χ3v) is 4.21. The van der Waals surface area contributed by atoms with Crippen LogP contribution in [0.2, 0.25) is 0 Å². The van der Waals surface area contributed by atoms with Crippen molar-refractivity contribution in [1.82, 2.24) is 5.32 Å². The summed E-state index contributed by atoms with van der Waals surface area (Å²) in [6, 6.07) is 14.3. The lowest BCUT2D eigenvalue weighted by molar-refractivity contribution is -0.125. The highest BCUT2D eigenvalue weighted by atomic mass is 79.9. The molecule has 1 amide bonds. The molecule has 0 radical (unpaired) electrons. The minimum absolute atomic E-state index is 0.134. The zero-order valence-corrected chi connectivity index (χ0v) is 15.7. The number of esters is 1. The van der Waals surface area contributed by atoms with E-state index in [0.29, 0.717) is 5.75 Å². The fourth-order valence-corrected chi connectivity index (χ4v) is 2.64. The van der Waals surface area contributed by atoms with E-state index in [-0.39, 0.29) is 24.1 Å². The van der Waals surface area contributed by atoms with Crippen LogP contribution in [0.4, 0.5) is 0 Å². The van der Waals surface area contributed by atoms with Crippen LogP contribution in [-0.4, -0.2) is 25.6 Å². The Hall–Kier alpha value is -2.34. The number of hydrogen-bond acceptors (Lipinski definition) is 4. The van der Waals surface area contributed by atoms with Crippen molar-refractivity contribution >= 4 is 27.8 Å². The Kier molecular flexibility index (Phi) is 7.01. The Morgan fingerprint density at radius 2 is 1.80 bits per heavy atom. The number of amides is 1. The summed E-state index contributed by atoms with van der Waals surface area (Å²) >= 11 is 3.39. The smallest absolute Gasteiger partial charge is 0.342 e. The van der Waals surface area contributed by atoms with Crippen molar-refractivity contribution in [3.8, 4) is 5.75 Å². The lowest BCUT2D eigenvalue weighted by Crippen LogP contribution is -2.32. The fourth-order valence-electron chi connectivity index (χ4n) is 2.37. The summed E-state index contributed by atoms with van der Waals surface area (Å²) in [7, 11) is 1.48. The Morgan fingerprint density at radius 1 is 1.12 bits per heavy atom. The molecule has 25 heavy (non-hydrogen) atoms. The molecular formula is C19H20BrNO4. The highest BCUT2D eigenvalue weighted by Gasteiger charge is 2.17. The first-order valence-corrected chi connectivity index (χ1v) is 8.69. The topological polar surface area (TPSA) is 64.6 Å². The average molecular weight is 406 g/mol. The molecule has 0 saturated carbocycles. The molecule has 0 bridgehead atoms. The van der Waals surface area contributed by atoms with Gasteiger partial charge in [0.15, 0.2) is 6.61 Å². The van der Waals surface area contributed by atoms with Crippen molar-refractivity contribution in [3.05, 3.63) is 64.1 Å². The van der Waals surface area contributed by atoms with E-state index in [1.165, 1.54) is 7.11 Å². The molecule has 0 aromatic heterocycles. The number of carbonyl (C=O) groups is 2. The van der Waals surface area contributed by atoms with E-state index in [1.54, 1.807) is 24.3 Å². The van der Waals surface area contributed by atoms with Gasteiger partial charge in [-0.05, 0) is 36.2 Å². The number of nitrogens with one attached hydrogen (secondary N) is 1. The van der Waals surface area contributed by atoms with E-state index in [2.05, 4.69) is 21.2 Å². The van der Waals surface area contributed by atoms with E-state index in [0.717, 1.165) is 16.5 Å². The minimum atomic E-state index is -0.593. The van der Waals surface area contributed by atoms with Gasteiger partial charge in [-0.25, -0.2) is 4.79 Å². The van der Waals surface area contributed by atoms with Crippen LogP contribution in [0.25, 0.3) is 0 Å². The summed E-state index contributed by atoms with van der Waals surface area (Å²) < 4.78 is 11.2. The minimum Gasteiger partial charge on any atom is -0.496 e. The zero-order valence-electron chi connectivity index (χ0n) is 14.1. The van der Waals surface area contributed by atoms with Crippen LogP contribution >= 0.6 is 15.9 Å². The van der Waals surface area contributed by atoms with Gasteiger partial charge < -0.3 is 14.8 Å². The molecule has 132 valence electrons. The van der Waals surface area contributed by atoms with Gasteiger partial charge >= 0.3 is 5.97 Å². The van der Waals surface area contributed by atoms with Gasteiger partial charge in [0.25, 0.3) is 5.91 Å². The number of methoxy groups -OCH3 is 1. The van der Waals surface area contributed by atoms with Crippen LogP contribution in [0.1, 0.15) is 35.3 Å². The third-order valence-electron chi connectivity index (χ3n) is 3.68. The molecule has 0 aliphatic carbocycles. The van der Waals surface area contributed by atoms with E-state index in [9.17, 15) is 9.59 Å². The number of benzene rings is 2. The maximum Gasteiger partial charge on any atom is 0.342 e. The van der Waals surface area contributed by atoms with Crippen molar-refractivity contribution in [1.29, 1.82) is 0 Å². The van der Waals surface area contributed by atoms with Gasteiger partial charge in [-0.2, -0.15) is 0 Å². The van der Waals surface area contributed by atoms with E-state index < -0.39 is 5.97 Å². The maximum atomic E-state index is 12.1. The molecule has 0 aliphatic rings. The second-order valence-electron chi connectivity index (χ2n) is 5.36. The predicted octanol–water partition coefficient (Wildman–Crippen LogP) is 3.88. The van der Waals surface area contributed by atoms with E-state index >= 15 is 0 Å². The molecule has 1 atom stereocenters. The van der Waals surface area contributed by atoms with Crippen molar-refractivity contribution in [3.63, 3.8) is 0 Å². The summed E-state index contributed by atoms with van der Waals surface area (Å²) in [6.45, 7) is 1.64. The fraction of sp³-hybridized carbons (Fsp3) is 0.263. The average Bonchev–Trinajstić information content (AvgIpc) is 2.64. The molecule has 0 unspecified atom stereocenters. The molecule has 0 aliphatic heterocycles. The highest BCUT2D eigenvalue weighted by Crippen LogP contribution is 2.20. The number of halogens is 1. The molecule has 2 rings (SSSR count). The lowest BCUT2D eigenvalue weighted by Gasteiger charge is -2.17. The Balaban J connectivity index is 1.93. The van der Waals surface area contributed by atoms with E-state index in [1.807, 2.05) is 31.2 Å². The summed E-state index contributed by atoms with van der Waals surface area (Å²) in [5, 5.41) is 2.88. The van der Waals surface area contributed by atoms with E-state index in [4.69, 9.17) is 9.47 Å². The Bertz CT molecular complexity index is 730. The summed E-state index contributed by atoms with van der Waals surface area (Å²) in [4.78, 5) is 24.2. The molecule has 0 spiro atoms. The highest BCUT2D eigenvalue weighted by molar-refractivity contribution is 9.10. The number of ether oxygens (including phenoxy) is 2. The summed E-state index contributed by atoms with van der Waals surface area (Å²) in [5.41, 5.74) is 1.29. The Morgan fingerprint density at radius 3 is 2.44 bits per heavy atom. The van der Waals surface area contributed by atoms with Crippen LogP contribution in [0.15, 0.2) is 53.0 Å². The summed E-state index contributed by atoms with van der Waals surface area (Å²) in [5.74, 6) is -0.531. The molecule has 0 saturated heterocycles. The maximum absolute atomic E-state index is 12.1. The molecule has 6 heteroatoms. The molecular weight excluding hydrogens is 386 g/mol. The molecule has 0 fully saturated rings. The largest absolute Gasteiger partial charge is 0.496 e. The SMILES string of the molecule is CC[C@@H](NC(=O)COC(=O)c1ccccc1OC)c1ccc(Br)cc1. The van der Waals surface area contributed by atoms with Gasteiger partial charge in [0.05, 0.1) is 13.2 Å². The first-order valence-electron chi connectivity index (χ1n) is 7.90. The first kappa shape index (κ1) is 19.0. The van der Waals surface area contributed by atoms with Gasteiger partial charge in [0.1, 0.15) is 11.3 Å². The quantitative estimate of drug-likeness (QED) is 0.709. The summed E-state index contributed by atoms with van der Waals surface area (Å²) in [6.07, 6.45) is 0.730. The van der Waals surface area contributed by atoms with Crippen LogP contribution in [-0.2, 0) is 9.53 Å². The van der Waals surface area contributed by atoms with Crippen molar-refractivity contribution in [2.45, 2.75) is 19.4 Å². The van der Waals surface area contributed by atoms with Gasteiger partial charge in [-0.1, -0.05) is 47.1 Å². The molecule has 1 N–H and O–H groups in total. The molecule has 2 aromatic carbocycles. The van der Waals surface area contributed by atoms with Crippen LogP contribution in [0.5, 0.6) is 5.75 Å². The number of carbonyl (C=O) groups excluding carboxylic acids is 2. The van der Waals surface area contributed by atoms with Crippen molar-refractivity contribution < 1.29 is 19.1 Å². The van der Waals surface area contributed by atoms with Gasteiger partial charge in [-0.3, -0.25) is 4.79 Å². The lowest BCUT2D eigenvalue weighted by atomic mass is 10.0. The second-order valence-corrected chi connectivity index (χ2v) is 6.27. The van der Waals surface area contributed by atoms with Crippen molar-refractivity contribution in [2.75, 3.05) is 13.7 Å². The van der Waals surface area contributed by atoms with Crippen LogP contribution in [0, 0.1) is 0 Å². The van der Waals surface area contributed by atoms with Crippen molar-refractivity contribution in [2.24, 2.45) is 0 Å². The molecule has 0 heterocycles. The number of rotatable bonds is 7. The molecule has 2 aromatic rings. The van der Waals surface area contributed by atoms with Gasteiger partial charge in [-0.15, -0.1) is 0 Å². The van der Waals surface area contributed by atoms with Gasteiger partial charge in [0.2, 0.25) is 0 Å². The number of hydrogen-bond donors (Lipinski definition) is 1. The zero-order chi connectivity index (χ0) is 18.2. The first-order chi connectivity index (χ1) is 12.0. The Labute approximate surface area is 155 Å². The molecule has 5 nitrogen and oxygen atoms in total. The van der Waals surface area contributed by atoms with Crippen LogP contribution in [0.3, 0.4) is 0 Å². The predicted molar refractivity (Wildman–Crippen MR) is 98.6 cm³/mol. The third kappa shape index (κ3) is 5.32. The number of para-hydroxylation sites is 1. The second kappa shape index (κ2) is 9.22.